The Balaban J connectivity index is 3.03. The fraction of sp³-hybridized carbons (Fsp3) is 0.364. The van der Waals surface area contributed by atoms with Crippen LogP contribution in [0.3, 0.4) is 0 Å². The van der Waals surface area contributed by atoms with Crippen LogP contribution in [0.2, 0.25) is 10.0 Å². The first-order chi connectivity index (χ1) is 8.86. The highest BCUT2D eigenvalue weighted by Gasteiger charge is 2.23. The Morgan fingerprint density at radius 3 is 2.53 bits per heavy atom. The van der Waals surface area contributed by atoms with E-state index in [1.807, 2.05) is 0 Å². The van der Waals surface area contributed by atoms with Crippen LogP contribution in [0.4, 0.5) is 5.69 Å². The van der Waals surface area contributed by atoms with E-state index in [0.717, 1.165) is 6.07 Å². The number of halogens is 2. The number of ether oxygens (including phenoxy) is 2. The molecular formula is C11H11Cl2NO5. The van der Waals surface area contributed by atoms with Gasteiger partial charge in [0.2, 0.25) is 0 Å². The molecule has 0 heterocycles. The van der Waals surface area contributed by atoms with Gasteiger partial charge in [0.15, 0.2) is 11.9 Å². The summed E-state index contributed by atoms with van der Waals surface area (Å²) < 4.78 is 9.93. The number of hydrogen-bond donors (Lipinski definition) is 0. The maximum atomic E-state index is 11.4. The monoisotopic (exact) mass is 307 g/mol. The standard InChI is InChI=1S/C11H11Cl2NO5/c1-3-18-11(15)6(2)19-10-5-8(13)7(12)4-9(10)14(16)17/h4-6H,3H2,1-2H3. The lowest BCUT2D eigenvalue weighted by Crippen LogP contribution is -2.26. The smallest absolute Gasteiger partial charge is 0.347 e. The van der Waals surface area contributed by atoms with E-state index in [0.29, 0.717) is 0 Å². The van der Waals surface area contributed by atoms with Gasteiger partial charge >= 0.3 is 11.7 Å². The van der Waals surface area contributed by atoms with Gasteiger partial charge in [-0.15, -0.1) is 0 Å². The molecule has 1 aromatic rings. The zero-order valence-electron chi connectivity index (χ0n) is 10.2. The van der Waals surface area contributed by atoms with Crippen LogP contribution in [-0.4, -0.2) is 23.6 Å². The maximum Gasteiger partial charge on any atom is 0.347 e. The lowest BCUT2D eigenvalue weighted by molar-refractivity contribution is -0.386. The normalized spacial score (nSPS) is 11.8. The molecule has 8 heteroatoms. The average molecular weight is 308 g/mol. The van der Waals surface area contributed by atoms with Gasteiger partial charge in [-0.3, -0.25) is 10.1 Å². The van der Waals surface area contributed by atoms with E-state index in [2.05, 4.69) is 0 Å². The minimum Gasteiger partial charge on any atom is -0.472 e. The zero-order chi connectivity index (χ0) is 14.6. The summed E-state index contributed by atoms with van der Waals surface area (Å²) in [7, 11) is 0. The van der Waals surface area contributed by atoms with Crippen LogP contribution >= 0.6 is 23.2 Å². The van der Waals surface area contributed by atoms with Crippen LogP contribution in [0.5, 0.6) is 5.75 Å². The topological polar surface area (TPSA) is 78.7 Å². The molecule has 6 nitrogen and oxygen atoms in total. The quantitative estimate of drug-likeness (QED) is 0.474. The molecule has 1 unspecified atom stereocenters. The summed E-state index contributed by atoms with van der Waals surface area (Å²) in [6.07, 6.45) is -0.990. The van der Waals surface area contributed by atoms with Crippen LogP contribution in [0.1, 0.15) is 13.8 Å². The summed E-state index contributed by atoms with van der Waals surface area (Å²) in [6.45, 7) is 3.26. The minimum atomic E-state index is -0.990. The van der Waals surface area contributed by atoms with Crippen molar-refractivity contribution in [3.63, 3.8) is 0 Å². The van der Waals surface area contributed by atoms with Crippen molar-refractivity contribution >= 4 is 34.9 Å². The Labute approximate surface area is 119 Å². The second kappa shape index (κ2) is 6.58. The van der Waals surface area contributed by atoms with Gasteiger partial charge < -0.3 is 9.47 Å². The third kappa shape index (κ3) is 3.97. The zero-order valence-corrected chi connectivity index (χ0v) is 11.7. The average Bonchev–Trinajstić information content (AvgIpc) is 2.33. The molecule has 0 bridgehead atoms. The van der Waals surface area contributed by atoms with Gasteiger partial charge in [-0.2, -0.15) is 0 Å². The highest BCUT2D eigenvalue weighted by Crippen LogP contribution is 2.36. The molecule has 0 radical (unpaired) electrons. The second-order valence-corrected chi connectivity index (χ2v) is 4.32. The van der Waals surface area contributed by atoms with Crippen molar-refractivity contribution in [1.29, 1.82) is 0 Å². The first-order valence-corrected chi connectivity index (χ1v) is 6.09. The highest BCUT2D eigenvalue weighted by atomic mass is 35.5. The van der Waals surface area contributed by atoms with Gasteiger partial charge in [-0.1, -0.05) is 23.2 Å². The summed E-state index contributed by atoms with van der Waals surface area (Å²) in [5.74, 6) is -0.761. The van der Waals surface area contributed by atoms with E-state index in [9.17, 15) is 14.9 Å². The molecule has 0 amide bonds. The van der Waals surface area contributed by atoms with Gasteiger partial charge in [0.25, 0.3) is 0 Å². The van der Waals surface area contributed by atoms with Crippen LogP contribution in [0, 0.1) is 10.1 Å². The van der Waals surface area contributed by atoms with E-state index >= 15 is 0 Å². The predicted molar refractivity (Wildman–Crippen MR) is 69.8 cm³/mol. The second-order valence-electron chi connectivity index (χ2n) is 3.50. The van der Waals surface area contributed by atoms with Crippen molar-refractivity contribution in [2.45, 2.75) is 20.0 Å². The Bertz CT molecular complexity index is 506. The van der Waals surface area contributed by atoms with E-state index < -0.39 is 17.0 Å². The Kier molecular flexibility index (Phi) is 5.38. The van der Waals surface area contributed by atoms with Crippen molar-refractivity contribution < 1.29 is 19.2 Å². The highest BCUT2D eigenvalue weighted by molar-refractivity contribution is 6.42. The van der Waals surface area contributed by atoms with Crippen molar-refractivity contribution in [3.8, 4) is 5.75 Å². The van der Waals surface area contributed by atoms with Gasteiger partial charge in [0.05, 0.1) is 21.6 Å². The molecule has 0 fully saturated rings. The first kappa shape index (κ1) is 15.5. The van der Waals surface area contributed by atoms with E-state index in [1.165, 1.54) is 13.0 Å². The summed E-state index contributed by atoms with van der Waals surface area (Å²) >= 11 is 11.5. The molecule has 0 aliphatic heterocycles. The maximum absolute atomic E-state index is 11.4. The Hall–Kier alpha value is -1.53. The fourth-order valence-electron chi connectivity index (χ4n) is 1.25. The number of nitrogens with zero attached hydrogens (tertiary/aromatic N) is 1. The van der Waals surface area contributed by atoms with Crippen LogP contribution in [0.15, 0.2) is 12.1 Å². The van der Waals surface area contributed by atoms with Gasteiger partial charge in [0, 0.05) is 12.1 Å². The fourth-order valence-corrected chi connectivity index (χ4v) is 1.56. The Morgan fingerprint density at radius 1 is 1.42 bits per heavy atom. The number of esters is 1. The summed E-state index contributed by atoms with van der Waals surface area (Å²) in [6, 6.07) is 2.26. The molecule has 19 heavy (non-hydrogen) atoms. The minimum absolute atomic E-state index is 0.0319. The molecular weight excluding hydrogens is 297 g/mol. The number of carbonyl (C=O) groups excluding carboxylic acids is 1. The molecule has 0 spiro atoms. The van der Waals surface area contributed by atoms with Crippen molar-refractivity contribution in [2.24, 2.45) is 0 Å². The molecule has 0 aromatic heterocycles. The number of hydrogen-bond acceptors (Lipinski definition) is 5. The molecule has 0 saturated carbocycles. The number of benzene rings is 1. The molecule has 1 rings (SSSR count). The lowest BCUT2D eigenvalue weighted by Gasteiger charge is -2.13. The molecule has 104 valence electrons. The van der Waals surface area contributed by atoms with Gasteiger partial charge in [-0.25, -0.2) is 4.79 Å². The van der Waals surface area contributed by atoms with Crippen LogP contribution < -0.4 is 4.74 Å². The summed E-state index contributed by atoms with van der Waals surface area (Å²) in [4.78, 5) is 21.6. The van der Waals surface area contributed by atoms with Gasteiger partial charge in [0.1, 0.15) is 0 Å². The van der Waals surface area contributed by atoms with Crippen molar-refractivity contribution in [2.75, 3.05) is 6.61 Å². The van der Waals surface area contributed by atoms with Crippen LogP contribution in [0.25, 0.3) is 0 Å². The molecule has 1 atom stereocenters. The van der Waals surface area contributed by atoms with E-state index in [-0.39, 0.29) is 28.1 Å². The first-order valence-electron chi connectivity index (χ1n) is 5.33. The number of carbonyl (C=O) groups is 1. The molecule has 0 N–H and O–H groups in total. The number of rotatable bonds is 5. The van der Waals surface area contributed by atoms with E-state index in [4.69, 9.17) is 32.7 Å². The lowest BCUT2D eigenvalue weighted by atomic mass is 10.3. The van der Waals surface area contributed by atoms with Crippen molar-refractivity contribution in [3.05, 3.63) is 32.3 Å². The number of nitro groups is 1. The molecule has 0 aliphatic carbocycles. The molecule has 1 aromatic carbocycles. The van der Waals surface area contributed by atoms with Crippen LogP contribution in [-0.2, 0) is 9.53 Å². The molecule has 0 saturated heterocycles. The molecule has 0 aliphatic rings. The largest absolute Gasteiger partial charge is 0.472 e. The van der Waals surface area contributed by atoms with Crippen molar-refractivity contribution in [1.82, 2.24) is 0 Å². The third-order valence-electron chi connectivity index (χ3n) is 2.12. The summed E-state index contributed by atoms with van der Waals surface area (Å²) in [5, 5.41) is 11.0. The Morgan fingerprint density at radius 2 is 2.00 bits per heavy atom. The van der Waals surface area contributed by atoms with E-state index in [1.54, 1.807) is 6.92 Å². The summed E-state index contributed by atoms with van der Waals surface area (Å²) in [5.41, 5.74) is -0.370. The number of nitro benzene ring substituents is 1. The SMILES string of the molecule is CCOC(=O)C(C)Oc1cc(Cl)c(Cl)cc1[N+](=O)[O-]. The third-order valence-corrected chi connectivity index (χ3v) is 2.84. The predicted octanol–water partition coefficient (Wildman–Crippen LogP) is 3.23. The van der Waals surface area contributed by atoms with Gasteiger partial charge in [-0.05, 0) is 13.8 Å².